The van der Waals surface area contributed by atoms with Crippen LogP contribution in [0.25, 0.3) is 10.9 Å². The Morgan fingerprint density at radius 3 is 2.81 bits per heavy atom. The predicted molar refractivity (Wildman–Crippen MR) is 67.5 cm³/mol. The largest absolute Gasteiger partial charge is 0.373 e. The number of primary amides is 1. The van der Waals surface area contributed by atoms with Crippen LogP contribution in [0.4, 0.5) is 5.82 Å². The van der Waals surface area contributed by atoms with Gasteiger partial charge in [-0.05, 0) is 24.3 Å². The van der Waals surface area contributed by atoms with Crippen molar-refractivity contribution >= 4 is 38.6 Å². The smallest absolute Gasteiger partial charge is 0.249 e. The minimum atomic E-state index is -0.456. The molecule has 1 heterocycles. The highest BCUT2D eigenvalue weighted by Gasteiger charge is 2.09. The van der Waals surface area contributed by atoms with Crippen molar-refractivity contribution < 1.29 is 4.79 Å². The molecule has 1 amide bonds. The Labute approximate surface area is 101 Å². The zero-order valence-corrected chi connectivity index (χ0v) is 10.2. The summed E-state index contributed by atoms with van der Waals surface area (Å²) in [5.41, 5.74) is 6.55. The number of halogens is 1. The fourth-order valence-corrected chi connectivity index (χ4v) is 1.89. The zero-order valence-electron chi connectivity index (χ0n) is 8.62. The monoisotopic (exact) mass is 279 g/mol. The summed E-state index contributed by atoms with van der Waals surface area (Å²) in [5, 5.41) is 3.65. The number of rotatable bonds is 2. The standard InChI is InChI=1S/C11H10BrN3O/c1-14-10-5-8(11(13)16)7-4-6(12)2-3-9(7)15-10/h2-5H,1H3,(H2,13,16)(H,14,15). The third kappa shape index (κ3) is 1.86. The van der Waals surface area contributed by atoms with E-state index in [9.17, 15) is 4.79 Å². The van der Waals surface area contributed by atoms with Crippen molar-refractivity contribution in [3.8, 4) is 0 Å². The van der Waals surface area contributed by atoms with Gasteiger partial charge in [-0.15, -0.1) is 0 Å². The molecule has 5 heteroatoms. The Hall–Kier alpha value is -1.62. The maximum absolute atomic E-state index is 11.3. The van der Waals surface area contributed by atoms with E-state index < -0.39 is 5.91 Å². The molecule has 2 rings (SSSR count). The molecule has 0 aliphatic rings. The first kappa shape index (κ1) is 10.9. The van der Waals surface area contributed by atoms with Gasteiger partial charge in [0.15, 0.2) is 0 Å². The van der Waals surface area contributed by atoms with Crippen LogP contribution in [0.15, 0.2) is 28.7 Å². The van der Waals surface area contributed by atoms with Gasteiger partial charge in [-0.1, -0.05) is 15.9 Å². The Bertz CT molecular complexity index is 568. The number of hydrogen-bond donors (Lipinski definition) is 2. The number of nitrogens with zero attached hydrogens (tertiary/aromatic N) is 1. The number of fused-ring (bicyclic) bond motifs is 1. The van der Waals surface area contributed by atoms with Crippen LogP contribution in [-0.2, 0) is 0 Å². The molecule has 1 aromatic heterocycles. The summed E-state index contributed by atoms with van der Waals surface area (Å²) in [4.78, 5) is 15.7. The molecular formula is C11H10BrN3O. The normalized spacial score (nSPS) is 10.4. The summed E-state index contributed by atoms with van der Waals surface area (Å²) in [6, 6.07) is 7.20. The molecule has 0 aliphatic carbocycles. The van der Waals surface area contributed by atoms with Crippen LogP contribution in [-0.4, -0.2) is 17.9 Å². The fourth-order valence-electron chi connectivity index (χ4n) is 1.53. The van der Waals surface area contributed by atoms with Crippen LogP contribution >= 0.6 is 15.9 Å². The fraction of sp³-hybridized carbons (Fsp3) is 0.0909. The van der Waals surface area contributed by atoms with E-state index in [0.29, 0.717) is 11.4 Å². The van der Waals surface area contributed by atoms with Crippen molar-refractivity contribution in [3.05, 3.63) is 34.3 Å². The van der Waals surface area contributed by atoms with Crippen LogP contribution < -0.4 is 11.1 Å². The Morgan fingerprint density at radius 1 is 1.44 bits per heavy atom. The topological polar surface area (TPSA) is 68.0 Å². The number of hydrogen-bond acceptors (Lipinski definition) is 3. The van der Waals surface area contributed by atoms with E-state index >= 15 is 0 Å². The molecule has 0 saturated heterocycles. The maximum Gasteiger partial charge on any atom is 0.249 e. The van der Waals surface area contributed by atoms with E-state index in [-0.39, 0.29) is 0 Å². The Kier molecular flexibility index (Phi) is 2.78. The van der Waals surface area contributed by atoms with Gasteiger partial charge in [-0.25, -0.2) is 4.98 Å². The average molecular weight is 280 g/mol. The third-order valence-corrected chi connectivity index (χ3v) is 2.79. The molecule has 82 valence electrons. The van der Waals surface area contributed by atoms with Crippen LogP contribution in [0.2, 0.25) is 0 Å². The van der Waals surface area contributed by atoms with E-state index in [4.69, 9.17) is 5.73 Å². The van der Waals surface area contributed by atoms with Gasteiger partial charge in [0.05, 0.1) is 11.1 Å². The molecule has 0 radical (unpaired) electrons. The van der Waals surface area contributed by atoms with Crippen molar-refractivity contribution in [2.45, 2.75) is 0 Å². The zero-order chi connectivity index (χ0) is 11.7. The number of carbonyl (C=O) groups excluding carboxylic acids is 1. The molecule has 0 spiro atoms. The molecule has 0 atom stereocenters. The molecule has 3 N–H and O–H groups in total. The average Bonchev–Trinajstić information content (AvgIpc) is 2.27. The van der Waals surface area contributed by atoms with Gasteiger partial charge in [0.1, 0.15) is 5.82 Å². The van der Waals surface area contributed by atoms with Gasteiger partial charge in [-0.3, -0.25) is 4.79 Å². The van der Waals surface area contributed by atoms with Gasteiger partial charge in [-0.2, -0.15) is 0 Å². The molecular weight excluding hydrogens is 270 g/mol. The second kappa shape index (κ2) is 4.09. The van der Waals surface area contributed by atoms with E-state index in [0.717, 1.165) is 15.4 Å². The van der Waals surface area contributed by atoms with E-state index in [1.807, 2.05) is 18.2 Å². The van der Waals surface area contributed by atoms with Crippen LogP contribution in [0.1, 0.15) is 10.4 Å². The number of pyridine rings is 1. The summed E-state index contributed by atoms with van der Waals surface area (Å²) < 4.78 is 0.890. The molecule has 0 bridgehead atoms. The van der Waals surface area contributed by atoms with Crippen molar-refractivity contribution in [2.75, 3.05) is 12.4 Å². The van der Waals surface area contributed by atoms with Gasteiger partial charge < -0.3 is 11.1 Å². The summed E-state index contributed by atoms with van der Waals surface area (Å²) in [5.74, 6) is 0.172. The van der Waals surface area contributed by atoms with Crippen molar-refractivity contribution in [2.24, 2.45) is 5.73 Å². The molecule has 1 aromatic carbocycles. The molecule has 0 fully saturated rings. The van der Waals surface area contributed by atoms with Gasteiger partial charge in [0.2, 0.25) is 5.91 Å². The Balaban J connectivity index is 2.82. The summed E-state index contributed by atoms with van der Waals surface area (Å²) in [6.45, 7) is 0. The number of nitrogens with one attached hydrogen (secondary N) is 1. The highest BCUT2D eigenvalue weighted by Crippen LogP contribution is 2.24. The predicted octanol–water partition coefficient (Wildman–Crippen LogP) is 2.14. The molecule has 0 unspecified atom stereocenters. The lowest BCUT2D eigenvalue weighted by Crippen LogP contribution is -2.12. The summed E-state index contributed by atoms with van der Waals surface area (Å²) in [7, 11) is 1.75. The number of amides is 1. The van der Waals surface area contributed by atoms with Crippen molar-refractivity contribution in [1.29, 1.82) is 0 Å². The van der Waals surface area contributed by atoms with E-state index in [1.165, 1.54) is 0 Å². The first-order valence-electron chi connectivity index (χ1n) is 4.69. The van der Waals surface area contributed by atoms with E-state index in [1.54, 1.807) is 13.1 Å². The van der Waals surface area contributed by atoms with Gasteiger partial charge >= 0.3 is 0 Å². The van der Waals surface area contributed by atoms with Crippen LogP contribution in [0, 0.1) is 0 Å². The molecule has 16 heavy (non-hydrogen) atoms. The summed E-state index contributed by atoms with van der Waals surface area (Å²) >= 11 is 3.36. The van der Waals surface area contributed by atoms with E-state index in [2.05, 4.69) is 26.2 Å². The highest BCUT2D eigenvalue weighted by molar-refractivity contribution is 9.10. The first-order chi connectivity index (χ1) is 7.61. The highest BCUT2D eigenvalue weighted by atomic mass is 79.9. The number of anilines is 1. The second-order valence-corrected chi connectivity index (χ2v) is 4.25. The lowest BCUT2D eigenvalue weighted by Gasteiger charge is -2.07. The molecule has 4 nitrogen and oxygen atoms in total. The molecule has 2 aromatic rings. The SMILES string of the molecule is CNc1cc(C(N)=O)c2cc(Br)ccc2n1. The molecule has 0 aliphatic heterocycles. The Morgan fingerprint density at radius 2 is 2.19 bits per heavy atom. The van der Waals surface area contributed by atoms with Gasteiger partial charge in [0, 0.05) is 16.9 Å². The minimum absolute atomic E-state index is 0.456. The van der Waals surface area contributed by atoms with Crippen LogP contribution in [0.5, 0.6) is 0 Å². The van der Waals surface area contributed by atoms with Crippen LogP contribution in [0.3, 0.4) is 0 Å². The van der Waals surface area contributed by atoms with Crippen molar-refractivity contribution in [3.63, 3.8) is 0 Å². The second-order valence-electron chi connectivity index (χ2n) is 3.33. The first-order valence-corrected chi connectivity index (χ1v) is 5.49. The lowest BCUT2D eigenvalue weighted by molar-refractivity contribution is 0.100. The minimum Gasteiger partial charge on any atom is -0.373 e. The number of carbonyl (C=O) groups is 1. The summed E-state index contributed by atoms with van der Waals surface area (Å²) in [6.07, 6.45) is 0. The third-order valence-electron chi connectivity index (χ3n) is 2.29. The quantitative estimate of drug-likeness (QED) is 0.885. The number of nitrogens with two attached hydrogens (primary N) is 1. The maximum atomic E-state index is 11.3. The number of aromatic nitrogens is 1. The molecule has 0 saturated carbocycles. The van der Waals surface area contributed by atoms with Gasteiger partial charge in [0.25, 0.3) is 0 Å². The number of benzene rings is 1. The van der Waals surface area contributed by atoms with Crippen molar-refractivity contribution in [1.82, 2.24) is 4.98 Å². The lowest BCUT2D eigenvalue weighted by atomic mass is 10.1.